The highest BCUT2D eigenvalue weighted by atomic mass is 16.5. The lowest BCUT2D eigenvalue weighted by Gasteiger charge is -2.29. The second-order valence-electron chi connectivity index (χ2n) is 4.52. The van der Waals surface area contributed by atoms with Gasteiger partial charge in [0.1, 0.15) is 12.4 Å². The smallest absolute Gasteiger partial charge is 0.119 e. The predicted molar refractivity (Wildman–Crippen MR) is 65.0 cm³/mol. The van der Waals surface area contributed by atoms with Gasteiger partial charge in [-0.2, -0.15) is 0 Å². The van der Waals surface area contributed by atoms with Crippen molar-refractivity contribution >= 4 is 0 Å². The Balaban J connectivity index is 1.73. The molecule has 1 atom stereocenters. The highest BCUT2D eigenvalue weighted by Gasteiger charge is 2.21. The van der Waals surface area contributed by atoms with Gasteiger partial charge >= 0.3 is 0 Å². The molecule has 1 unspecified atom stereocenters. The first kappa shape index (κ1) is 11.4. The summed E-state index contributed by atoms with van der Waals surface area (Å²) in [6.07, 6.45) is 5.21. The maximum atomic E-state index is 5.69. The van der Waals surface area contributed by atoms with E-state index in [9.17, 15) is 0 Å². The number of hydrazine groups is 1. The molecule has 0 saturated heterocycles. The van der Waals surface area contributed by atoms with Gasteiger partial charge in [0.25, 0.3) is 0 Å². The van der Waals surface area contributed by atoms with Crippen molar-refractivity contribution in [2.24, 2.45) is 11.8 Å². The predicted octanol–water partition coefficient (Wildman–Crippen LogP) is 2.09. The van der Waals surface area contributed by atoms with Gasteiger partial charge in [-0.25, -0.2) is 0 Å². The highest BCUT2D eigenvalue weighted by molar-refractivity contribution is 5.20. The van der Waals surface area contributed by atoms with Crippen LogP contribution in [-0.4, -0.2) is 12.6 Å². The molecule has 2 rings (SSSR count). The molecular formula is C13H20N2O. The normalized spacial score (nSPS) is 17.8. The summed E-state index contributed by atoms with van der Waals surface area (Å²) in [4.78, 5) is 0. The first-order chi connectivity index (χ1) is 7.88. The number of nitrogens with two attached hydrogens (primary N) is 1. The summed E-state index contributed by atoms with van der Waals surface area (Å²) in [6.45, 7) is 0.650. The average molecular weight is 220 g/mol. The van der Waals surface area contributed by atoms with Gasteiger partial charge < -0.3 is 4.74 Å². The van der Waals surface area contributed by atoms with Crippen LogP contribution < -0.4 is 16.0 Å². The lowest BCUT2D eigenvalue weighted by molar-refractivity contribution is 0.203. The van der Waals surface area contributed by atoms with Crippen LogP contribution in [0.1, 0.15) is 25.7 Å². The molecule has 0 aliphatic heterocycles. The molecular weight excluding hydrogens is 200 g/mol. The first-order valence-corrected chi connectivity index (χ1v) is 6.02. The van der Waals surface area contributed by atoms with E-state index in [1.807, 2.05) is 30.3 Å². The van der Waals surface area contributed by atoms with E-state index < -0.39 is 0 Å². The van der Waals surface area contributed by atoms with Crippen LogP contribution in [0.15, 0.2) is 30.3 Å². The summed E-state index contributed by atoms with van der Waals surface area (Å²) in [7, 11) is 0. The van der Waals surface area contributed by atoms with Crippen molar-refractivity contribution in [3.8, 4) is 5.75 Å². The van der Waals surface area contributed by atoms with E-state index in [1.165, 1.54) is 19.3 Å². The zero-order valence-electron chi connectivity index (χ0n) is 9.56. The van der Waals surface area contributed by atoms with Crippen LogP contribution in [0.3, 0.4) is 0 Å². The van der Waals surface area contributed by atoms with Crippen LogP contribution in [0.5, 0.6) is 5.75 Å². The quantitative estimate of drug-likeness (QED) is 0.570. The van der Waals surface area contributed by atoms with Gasteiger partial charge in [0.2, 0.25) is 0 Å². The van der Waals surface area contributed by atoms with Gasteiger partial charge in [0.05, 0.1) is 6.04 Å². The van der Waals surface area contributed by atoms with Crippen LogP contribution in [0.2, 0.25) is 0 Å². The number of hydrogen-bond donors (Lipinski definition) is 2. The van der Waals surface area contributed by atoms with Gasteiger partial charge in [-0.15, -0.1) is 0 Å². The van der Waals surface area contributed by atoms with Crippen molar-refractivity contribution in [1.82, 2.24) is 5.43 Å². The van der Waals surface area contributed by atoms with Crippen molar-refractivity contribution in [2.45, 2.75) is 31.7 Å². The van der Waals surface area contributed by atoms with Crippen LogP contribution in [0, 0.1) is 5.92 Å². The number of hydrogen-bond acceptors (Lipinski definition) is 3. The molecule has 16 heavy (non-hydrogen) atoms. The van der Waals surface area contributed by atoms with E-state index in [-0.39, 0.29) is 6.04 Å². The van der Waals surface area contributed by atoms with E-state index >= 15 is 0 Å². The third-order valence-electron chi connectivity index (χ3n) is 3.27. The topological polar surface area (TPSA) is 47.3 Å². The molecule has 1 aliphatic carbocycles. The van der Waals surface area contributed by atoms with E-state index in [2.05, 4.69) is 5.43 Å². The Morgan fingerprint density at radius 2 is 2.06 bits per heavy atom. The van der Waals surface area contributed by atoms with Crippen LogP contribution in [0.25, 0.3) is 0 Å². The van der Waals surface area contributed by atoms with E-state index in [0.29, 0.717) is 6.61 Å². The summed E-state index contributed by atoms with van der Waals surface area (Å²) in [5.74, 6) is 7.29. The Morgan fingerprint density at radius 3 is 2.62 bits per heavy atom. The van der Waals surface area contributed by atoms with Crippen LogP contribution in [0.4, 0.5) is 0 Å². The van der Waals surface area contributed by atoms with Crippen LogP contribution >= 0.6 is 0 Å². The molecule has 0 amide bonds. The molecule has 3 heteroatoms. The number of rotatable bonds is 6. The lowest BCUT2D eigenvalue weighted by Crippen LogP contribution is -2.41. The fraction of sp³-hybridized carbons (Fsp3) is 0.538. The third-order valence-corrected chi connectivity index (χ3v) is 3.27. The maximum Gasteiger partial charge on any atom is 0.119 e. The first-order valence-electron chi connectivity index (χ1n) is 6.02. The van der Waals surface area contributed by atoms with Gasteiger partial charge in [0, 0.05) is 0 Å². The van der Waals surface area contributed by atoms with Gasteiger partial charge in [-0.1, -0.05) is 37.5 Å². The molecule has 0 radical (unpaired) electrons. The Morgan fingerprint density at radius 1 is 1.31 bits per heavy atom. The minimum absolute atomic E-state index is 0.269. The van der Waals surface area contributed by atoms with E-state index in [0.717, 1.165) is 18.1 Å². The zero-order chi connectivity index (χ0) is 11.2. The second-order valence-corrected chi connectivity index (χ2v) is 4.52. The number of nitrogens with one attached hydrogen (secondary N) is 1. The van der Waals surface area contributed by atoms with Gasteiger partial charge in [-0.05, 0) is 24.5 Å². The fourth-order valence-corrected chi connectivity index (χ4v) is 2.03. The summed E-state index contributed by atoms with van der Waals surface area (Å²) < 4.78 is 5.69. The van der Waals surface area contributed by atoms with Crippen molar-refractivity contribution in [1.29, 1.82) is 0 Å². The zero-order valence-corrected chi connectivity index (χ0v) is 9.56. The molecule has 0 bridgehead atoms. The SMILES string of the molecule is NNC(COc1ccccc1)CC1CCC1. The molecule has 0 heterocycles. The van der Waals surface area contributed by atoms with Gasteiger partial charge in [-0.3, -0.25) is 11.3 Å². The van der Waals surface area contributed by atoms with Crippen molar-refractivity contribution in [2.75, 3.05) is 6.61 Å². The fourth-order valence-electron chi connectivity index (χ4n) is 2.03. The summed E-state index contributed by atoms with van der Waals surface area (Å²) in [5, 5.41) is 0. The van der Waals surface area contributed by atoms with Crippen LogP contribution in [-0.2, 0) is 0 Å². The Bertz CT molecular complexity index is 298. The molecule has 1 aliphatic rings. The minimum atomic E-state index is 0.269. The molecule has 1 aromatic rings. The maximum absolute atomic E-state index is 5.69. The van der Waals surface area contributed by atoms with Gasteiger partial charge in [0.15, 0.2) is 0 Å². The molecule has 1 saturated carbocycles. The summed E-state index contributed by atoms with van der Waals surface area (Å²) >= 11 is 0. The standard InChI is InChI=1S/C13H20N2O/c14-15-12(9-11-5-4-6-11)10-16-13-7-2-1-3-8-13/h1-3,7-8,11-12,15H,4-6,9-10,14H2. The lowest BCUT2D eigenvalue weighted by atomic mass is 9.81. The number of benzene rings is 1. The second kappa shape index (κ2) is 5.87. The number of ether oxygens (including phenoxy) is 1. The summed E-state index contributed by atoms with van der Waals surface area (Å²) in [5.41, 5.74) is 2.85. The van der Waals surface area contributed by atoms with E-state index in [1.54, 1.807) is 0 Å². The summed E-state index contributed by atoms with van der Waals surface area (Å²) in [6, 6.07) is 10.1. The van der Waals surface area contributed by atoms with Crippen molar-refractivity contribution < 1.29 is 4.74 Å². The Labute approximate surface area is 97.0 Å². The van der Waals surface area contributed by atoms with E-state index in [4.69, 9.17) is 10.6 Å². The largest absolute Gasteiger partial charge is 0.492 e. The average Bonchev–Trinajstić information content (AvgIpc) is 2.28. The molecule has 0 aromatic heterocycles. The highest BCUT2D eigenvalue weighted by Crippen LogP contribution is 2.30. The monoisotopic (exact) mass is 220 g/mol. The molecule has 1 aromatic carbocycles. The minimum Gasteiger partial charge on any atom is -0.492 e. The van der Waals surface area contributed by atoms with Crippen molar-refractivity contribution in [3.05, 3.63) is 30.3 Å². The Hall–Kier alpha value is -1.06. The molecule has 3 nitrogen and oxygen atoms in total. The molecule has 0 spiro atoms. The number of para-hydroxylation sites is 1. The third kappa shape index (κ3) is 3.22. The molecule has 88 valence electrons. The molecule has 3 N–H and O–H groups in total. The Kier molecular flexibility index (Phi) is 4.19. The molecule has 1 fully saturated rings. The van der Waals surface area contributed by atoms with Crippen molar-refractivity contribution in [3.63, 3.8) is 0 Å².